The van der Waals surface area contributed by atoms with Gasteiger partial charge in [-0.15, -0.1) is 0 Å². The van der Waals surface area contributed by atoms with Gasteiger partial charge in [-0.1, -0.05) is 152 Å². The molecule has 300 valence electrons. The third kappa shape index (κ3) is 8.23. The minimum absolute atomic E-state index is 0.0786. The molecule has 0 aromatic heterocycles. The monoisotopic (exact) mass is 799 g/mol. The van der Waals surface area contributed by atoms with E-state index in [0.29, 0.717) is 21.7 Å². The molecular weight excluding hydrogens is 750 g/mol. The lowest BCUT2D eigenvalue weighted by Gasteiger charge is -2.38. The molecule has 0 aliphatic heterocycles. The third-order valence-corrected chi connectivity index (χ3v) is 11.3. The van der Waals surface area contributed by atoms with E-state index < -0.39 is 48.0 Å². The van der Waals surface area contributed by atoms with Crippen molar-refractivity contribution >= 4 is 35.5 Å². The first kappa shape index (κ1) is 41.7. The molecule has 0 radical (unpaired) electrons. The number of likely N-dealkylation sites (N-methyl/N-ethyl adjacent to an activating group) is 3. The predicted molar refractivity (Wildman–Crippen MR) is 226 cm³/mol. The maximum atomic E-state index is 14.5. The lowest BCUT2D eigenvalue weighted by atomic mass is 9.79. The van der Waals surface area contributed by atoms with Crippen molar-refractivity contribution in [2.75, 3.05) is 34.8 Å². The SMILES string of the molecule is Cc1ccc(C(OC(=O)C[C@@H](C(=O)N(C)C)N(C)C(=O)[C@@H](C(C)C)N(C)C(=O)OCC2c3ccccc3-c3ccccc32)(c2ccccc2)c2ccccc2Cl)cc1. The van der Waals surface area contributed by atoms with Crippen LogP contribution < -0.4 is 0 Å². The Labute approximate surface area is 346 Å². The first-order valence-electron chi connectivity index (χ1n) is 19.4. The Balaban J connectivity index is 1.27. The van der Waals surface area contributed by atoms with Crippen molar-refractivity contribution in [3.8, 4) is 11.1 Å². The van der Waals surface area contributed by atoms with E-state index in [-0.39, 0.29) is 18.4 Å². The second kappa shape index (κ2) is 17.7. The van der Waals surface area contributed by atoms with Crippen LogP contribution in [0.25, 0.3) is 11.1 Å². The summed E-state index contributed by atoms with van der Waals surface area (Å²) < 4.78 is 12.5. The molecule has 0 heterocycles. The second-order valence-electron chi connectivity index (χ2n) is 15.4. The van der Waals surface area contributed by atoms with Crippen LogP contribution >= 0.6 is 11.6 Å². The number of benzene rings is 5. The zero-order chi connectivity index (χ0) is 41.7. The van der Waals surface area contributed by atoms with Crippen molar-refractivity contribution in [3.05, 3.63) is 166 Å². The zero-order valence-electron chi connectivity index (χ0n) is 34.0. The number of aryl methyl sites for hydroxylation is 1. The highest BCUT2D eigenvalue weighted by Crippen LogP contribution is 2.45. The molecule has 0 bridgehead atoms. The van der Waals surface area contributed by atoms with E-state index in [9.17, 15) is 19.2 Å². The Hall–Kier alpha value is -5.93. The molecule has 0 N–H and O–H groups in total. The van der Waals surface area contributed by atoms with Crippen molar-refractivity contribution in [1.82, 2.24) is 14.7 Å². The first-order valence-corrected chi connectivity index (χ1v) is 19.8. The van der Waals surface area contributed by atoms with Crippen molar-refractivity contribution in [2.45, 2.75) is 50.8 Å². The van der Waals surface area contributed by atoms with Gasteiger partial charge in [0, 0.05) is 55.8 Å². The van der Waals surface area contributed by atoms with Gasteiger partial charge >= 0.3 is 12.1 Å². The topological polar surface area (TPSA) is 96.5 Å². The molecule has 0 saturated carbocycles. The van der Waals surface area contributed by atoms with Crippen molar-refractivity contribution in [2.24, 2.45) is 5.92 Å². The van der Waals surface area contributed by atoms with E-state index >= 15 is 0 Å². The predicted octanol–water partition coefficient (Wildman–Crippen LogP) is 8.69. The summed E-state index contributed by atoms with van der Waals surface area (Å²) in [5.41, 5.74) is 5.67. The molecular formula is C48H50ClN3O6. The van der Waals surface area contributed by atoms with E-state index in [0.717, 1.165) is 27.8 Å². The highest BCUT2D eigenvalue weighted by Gasteiger charge is 2.44. The van der Waals surface area contributed by atoms with Gasteiger partial charge in [0.1, 0.15) is 18.7 Å². The maximum absolute atomic E-state index is 14.5. The number of carbonyl (C=O) groups is 4. The van der Waals surface area contributed by atoms with Crippen molar-refractivity contribution < 1.29 is 28.7 Å². The largest absolute Gasteiger partial charge is 0.448 e. The normalized spacial score (nSPS) is 14.0. The number of fused-ring (bicyclic) bond motifs is 3. The van der Waals surface area contributed by atoms with Gasteiger partial charge < -0.3 is 19.3 Å². The highest BCUT2D eigenvalue weighted by molar-refractivity contribution is 6.31. The molecule has 1 unspecified atom stereocenters. The van der Waals surface area contributed by atoms with Crippen LogP contribution in [0.5, 0.6) is 0 Å². The molecule has 10 heteroatoms. The van der Waals surface area contributed by atoms with Crippen molar-refractivity contribution in [3.63, 3.8) is 0 Å². The first-order chi connectivity index (χ1) is 27.8. The molecule has 1 aliphatic rings. The highest BCUT2D eigenvalue weighted by atomic mass is 35.5. The van der Waals surface area contributed by atoms with E-state index in [1.165, 1.54) is 28.8 Å². The van der Waals surface area contributed by atoms with Crippen LogP contribution in [-0.2, 0) is 29.5 Å². The third-order valence-electron chi connectivity index (χ3n) is 11.0. The molecule has 5 aromatic rings. The smallest absolute Gasteiger partial charge is 0.410 e. The summed E-state index contributed by atoms with van der Waals surface area (Å²) in [6, 6.07) is 38.0. The number of halogens is 1. The number of esters is 1. The number of rotatable bonds is 13. The molecule has 0 saturated heterocycles. The quantitative estimate of drug-likeness (QED) is 0.0874. The molecule has 1 aliphatic carbocycles. The molecule has 0 fully saturated rings. The molecule has 58 heavy (non-hydrogen) atoms. The fourth-order valence-corrected chi connectivity index (χ4v) is 8.26. The van der Waals surface area contributed by atoms with Gasteiger partial charge in [0.25, 0.3) is 0 Å². The second-order valence-corrected chi connectivity index (χ2v) is 15.8. The summed E-state index contributed by atoms with van der Waals surface area (Å²) in [6.07, 6.45) is -1.16. The van der Waals surface area contributed by atoms with E-state index in [2.05, 4.69) is 12.1 Å². The number of carbonyl (C=O) groups excluding carboxylic acids is 4. The average Bonchev–Trinajstić information content (AvgIpc) is 3.54. The fraction of sp³-hybridized carbons (Fsp3) is 0.292. The summed E-state index contributed by atoms with van der Waals surface area (Å²) in [4.78, 5) is 60.6. The number of nitrogens with zero attached hydrogens (tertiary/aromatic N) is 3. The average molecular weight is 800 g/mol. The molecule has 0 spiro atoms. The van der Waals surface area contributed by atoms with Crippen LogP contribution in [0.3, 0.4) is 0 Å². The number of hydrogen-bond acceptors (Lipinski definition) is 6. The van der Waals surface area contributed by atoms with Gasteiger partial charge in [0.15, 0.2) is 5.60 Å². The van der Waals surface area contributed by atoms with Crippen LogP contribution in [0.15, 0.2) is 127 Å². The lowest BCUT2D eigenvalue weighted by Crippen LogP contribution is -2.56. The standard InChI is InChI=1S/C48H50ClN3O6/c1-31(2)44(52(7)47(56)57-30-39-37-21-13-11-19-35(37)36-20-12-14-22-38(36)39)46(55)51(6)42(45(54)50(4)5)29-43(53)58-48(33-17-9-8-10-18-33,34-27-25-32(3)26-28-34)40-23-15-16-24-41(40)49/h8-28,31,39,42,44H,29-30H2,1-7H3/t42-,44+,48?/m0/s1. The molecule has 3 atom stereocenters. The fourth-order valence-electron chi connectivity index (χ4n) is 7.99. The van der Waals surface area contributed by atoms with E-state index in [4.69, 9.17) is 21.1 Å². The zero-order valence-corrected chi connectivity index (χ0v) is 34.8. The van der Waals surface area contributed by atoms with Gasteiger partial charge in [-0.3, -0.25) is 19.3 Å². The van der Waals surface area contributed by atoms with Crippen LogP contribution in [0, 0.1) is 12.8 Å². The molecule has 9 nitrogen and oxygen atoms in total. The minimum atomic E-state index is -1.51. The number of hydrogen-bond donors (Lipinski definition) is 0. The summed E-state index contributed by atoms with van der Waals surface area (Å²) in [7, 11) is 6.12. The Kier molecular flexibility index (Phi) is 12.7. The molecule has 3 amide bonds. The van der Waals surface area contributed by atoms with Gasteiger partial charge in [0.2, 0.25) is 11.8 Å². The Morgan fingerprint density at radius 3 is 1.78 bits per heavy atom. The summed E-state index contributed by atoms with van der Waals surface area (Å²) >= 11 is 6.89. The van der Waals surface area contributed by atoms with E-state index in [1.807, 2.05) is 124 Å². The number of amides is 3. The molecule has 6 rings (SSSR count). The van der Waals surface area contributed by atoms with Gasteiger partial charge in [0.05, 0.1) is 6.42 Å². The summed E-state index contributed by atoms with van der Waals surface area (Å²) in [5, 5.41) is 0.379. The number of ether oxygens (including phenoxy) is 2. The van der Waals surface area contributed by atoms with Gasteiger partial charge in [-0.2, -0.15) is 0 Å². The van der Waals surface area contributed by atoms with E-state index in [1.54, 1.807) is 26.2 Å². The van der Waals surface area contributed by atoms with Gasteiger partial charge in [-0.25, -0.2) is 4.79 Å². The summed E-state index contributed by atoms with van der Waals surface area (Å²) in [5.74, 6) is -2.30. The lowest BCUT2D eigenvalue weighted by molar-refractivity contribution is -0.159. The van der Waals surface area contributed by atoms with Crippen LogP contribution in [0.4, 0.5) is 4.79 Å². The molecule has 5 aromatic carbocycles. The minimum Gasteiger partial charge on any atom is -0.448 e. The van der Waals surface area contributed by atoms with Crippen LogP contribution in [0.2, 0.25) is 5.02 Å². The Morgan fingerprint density at radius 1 is 0.672 bits per heavy atom. The van der Waals surface area contributed by atoms with Gasteiger partial charge in [-0.05, 0) is 41.2 Å². The van der Waals surface area contributed by atoms with Crippen molar-refractivity contribution in [1.29, 1.82) is 0 Å². The maximum Gasteiger partial charge on any atom is 0.410 e. The Morgan fingerprint density at radius 2 is 1.21 bits per heavy atom. The summed E-state index contributed by atoms with van der Waals surface area (Å²) in [6.45, 7) is 5.69. The van der Waals surface area contributed by atoms with Crippen LogP contribution in [0.1, 0.15) is 59.6 Å². The Bertz CT molecular complexity index is 2230. The van der Waals surface area contributed by atoms with Crippen LogP contribution in [-0.4, -0.2) is 85.5 Å².